The molecule has 0 aromatic heterocycles. The second-order valence-corrected chi connectivity index (χ2v) is 5.67. The first-order chi connectivity index (χ1) is 10.5. The number of ether oxygens (including phenoxy) is 1. The summed E-state index contributed by atoms with van der Waals surface area (Å²) in [6.45, 7) is 6.29. The molecular formula is C18H36O4. The largest absolute Gasteiger partial charge is 0.481 e. The molecule has 0 amide bonds. The third kappa shape index (κ3) is 27.3. The van der Waals surface area contributed by atoms with Gasteiger partial charge < -0.3 is 9.84 Å². The molecule has 0 bridgehead atoms. The maximum Gasteiger partial charge on any atom is 0.303 e. The van der Waals surface area contributed by atoms with Crippen LogP contribution in [0.1, 0.15) is 97.8 Å². The Morgan fingerprint density at radius 3 is 1.64 bits per heavy atom. The summed E-state index contributed by atoms with van der Waals surface area (Å²) in [6.07, 6.45) is 13.5. The number of carbonyl (C=O) groups excluding carboxylic acids is 1. The number of carboxylic acid groups (broad SMARTS) is 1. The average Bonchev–Trinajstić information content (AvgIpc) is 2.46. The topological polar surface area (TPSA) is 63.6 Å². The van der Waals surface area contributed by atoms with E-state index in [-0.39, 0.29) is 5.97 Å². The molecule has 0 radical (unpaired) electrons. The third-order valence-corrected chi connectivity index (χ3v) is 3.30. The standard InChI is InChI=1S/C12H24O2.C6H12O2/c1-2-3-4-5-6-7-8-9-10-11-12(13)14;1-3-4-5-8-6(2)7/h2-11H2,1H3,(H,13,14);3-5H2,1-2H3. The van der Waals surface area contributed by atoms with E-state index in [1.165, 1.54) is 51.9 Å². The summed E-state index contributed by atoms with van der Waals surface area (Å²) in [5, 5.41) is 8.41. The van der Waals surface area contributed by atoms with E-state index in [0.29, 0.717) is 13.0 Å². The fraction of sp³-hybridized carbons (Fsp3) is 0.889. The molecule has 22 heavy (non-hydrogen) atoms. The molecule has 0 rings (SSSR count). The molecule has 0 heterocycles. The second kappa shape index (κ2) is 19.9. The number of unbranched alkanes of at least 4 members (excludes halogenated alkanes) is 9. The molecule has 0 aromatic carbocycles. The van der Waals surface area contributed by atoms with Crippen molar-refractivity contribution in [2.24, 2.45) is 0 Å². The monoisotopic (exact) mass is 316 g/mol. The Balaban J connectivity index is 0. The molecule has 0 fully saturated rings. The van der Waals surface area contributed by atoms with Crippen molar-refractivity contribution < 1.29 is 19.4 Å². The summed E-state index contributed by atoms with van der Waals surface area (Å²) < 4.78 is 4.64. The van der Waals surface area contributed by atoms with Crippen LogP contribution < -0.4 is 0 Å². The van der Waals surface area contributed by atoms with Gasteiger partial charge in [-0.05, 0) is 12.8 Å². The minimum atomic E-state index is -0.659. The first-order valence-corrected chi connectivity index (χ1v) is 8.89. The zero-order valence-corrected chi connectivity index (χ0v) is 14.9. The lowest BCUT2D eigenvalue weighted by atomic mass is 10.1. The van der Waals surface area contributed by atoms with E-state index < -0.39 is 5.97 Å². The summed E-state index contributed by atoms with van der Waals surface area (Å²) >= 11 is 0. The third-order valence-electron chi connectivity index (χ3n) is 3.30. The Morgan fingerprint density at radius 2 is 1.23 bits per heavy atom. The normalized spacial score (nSPS) is 9.77. The van der Waals surface area contributed by atoms with Crippen molar-refractivity contribution in [3.05, 3.63) is 0 Å². The van der Waals surface area contributed by atoms with E-state index in [1.54, 1.807) is 0 Å². The van der Waals surface area contributed by atoms with Gasteiger partial charge in [0, 0.05) is 13.3 Å². The minimum Gasteiger partial charge on any atom is -0.481 e. The van der Waals surface area contributed by atoms with Gasteiger partial charge in [-0.15, -0.1) is 0 Å². The van der Waals surface area contributed by atoms with Gasteiger partial charge in [-0.3, -0.25) is 9.59 Å². The predicted octanol–water partition coefficient (Wildman–Crippen LogP) is 5.34. The maximum absolute atomic E-state index is 10.2. The lowest BCUT2D eigenvalue weighted by molar-refractivity contribution is -0.141. The van der Waals surface area contributed by atoms with Gasteiger partial charge in [0.05, 0.1) is 6.61 Å². The van der Waals surface area contributed by atoms with Crippen LogP contribution in [0, 0.1) is 0 Å². The van der Waals surface area contributed by atoms with Crippen LogP contribution in [0.5, 0.6) is 0 Å². The Hall–Kier alpha value is -1.06. The van der Waals surface area contributed by atoms with Crippen molar-refractivity contribution in [2.75, 3.05) is 6.61 Å². The first kappa shape index (κ1) is 23.2. The van der Waals surface area contributed by atoms with Crippen LogP contribution in [0.4, 0.5) is 0 Å². The van der Waals surface area contributed by atoms with Crippen molar-refractivity contribution in [3.8, 4) is 0 Å². The number of aliphatic carboxylic acids is 1. The number of rotatable bonds is 13. The number of hydrogen-bond donors (Lipinski definition) is 1. The first-order valence-electron chi connectivity index (χ1n) is 8.89. The highest BCUT2D eigenvalue weighted by atomic mass is 16.5. The van der Waals surface area contributed by atoms with Gasteiger partial charge in [0.2, 0.25) is 0 Å². The van der Waals surface area contributed by atoms with Crippen LogP contribution in [-0.2, 0) is 14.3 Å². The van der Waals surface area contributed by atoms with E-state index in [0.717, 1.165) is 25.7 Å². The molecule has 0 saturated heterocycles. The smallest absolute Gasteiger partial charge is 0.303 e. The summed E-state index contributed by atoms with van der Waals surface area (Å²) in [7, 11) is 0. The van der Waals surface area contributed by atoms with Crippen molar-refractivity contribution >= 4 is 11.9 Å². The highest BCUT2D eigenvalue weighted by molar-refractivity contribution is 5.66. The fourth-order valence-corrected chi connectivity index (χ4v) is 1.95. The predicted molar refractivity (Wildman–Crippen MR) is 91.0 cm³/mol. The lowest BCUT2D eigenvalue weighted by Crippen LogP contribution is -1.99. The van der Waals surface area contributed by atoms with E-state index >= 15 is 0 Å². The van der Waals surface area contributed by atoms with Crippen LogP contribution in [0.15, 0.2) is 0 Å². The van der Waals surface area contributed by atoms with E-state index in [4.69, 9.17) is 5.11 Å². The lowest BCUT2D eigenvalue weighted by Gasteiger charge is -2.00. The molecule has 0 saturated carbocycles. The molecule has 1 N–H and O–H groups in total. The van der Waals surface area contributed by atoms with E-state index in [2.05, 4.69) is 18.6 Å². The number of carboxylic acids is 1. The van der Waals surface area contributed by atoms with Crippen molar-refractivity contribution in [3.63, 3.8) is 0 Å². The Kier molecular flexibility index (Phi) is 21.0. The van der Waals surface area contributed by atoms with Gasteiger partial charge in [-0.1, -0.05) is 71.6 Å². The highest BCUT2D eigenvalue weighted by Gasteiger charge is 1.96. The Labute approximate surface area is 136 Å². The van der Waals surface area contributed by atoms with Gasteiger partial charge in [-0.25, -0.2) is 0 Å². The van der Waals surface area contributed by atoms with Gasteiger partial charge in [0.25, 0.3) is 0 Å². The molecule has 0 aromatic rings. The van der Waals surface area contributed by atoms with E-state index in [9.17, 15) is 9.59 Å². The van der Waals surface area contributed by atoms with Gasteiger partial charge >= 0.3 is 11.9 Å². The Bertz CT molecular complexity index is 251. The fourth-order valence-electron chi connectivity index (χ4n) is 1.95. The van der Waals surface area contributed by atoms with Gasteiger partial charge in [0.1, 0.15) is 0 Å². The molecule has 0 spiro atoms. The van der Waals surface area contributed by atoms with E-state index in [1.807, 2.05) is 0 Å². The molecule has 4 nitrogen and oxygen atoms in total. The average molecular weight is 316 g/mol. The van der Waals surface area contributed by atoms with Crippen LogP contribution in [0.25, 0.3) is 0 Å². The van der Waals surface area contributed by atoms with Crippen molar-refractivity contribution in [2.45, 2.75) is 97.8 Å². The van der Waals surface area contributed by atoms with Crippen LogP contribution in [0.3, 0.4) is 0 Å². The molecule has 0 aliphatic heterocycles. The molecule has 0 atom stereocenters. The summed E-state index contributed by atoms with van der Waals surface area (Å²) in [4.78, 5) is 20.3. The van der Waals surface area contributed by atoms with Crippen LogP contribution >= 0.6 is 0 Å². The summed E-state index contributed by atoms with van der Waals surface area (Å²) in [6, 6.07) is 0. The zero-order chi connectivity index (χ0) is 17.1. The maximum atomic E-state index is 10.2. The SMILES string of the molecule is CCCCCCCCCCCC(=O)O.CCCCOC(C)=O. The minimum absolute atomic E-state index is 0.182. The molecule has 0 aliphatic rings. The second-order valence-electron chi connectivity index (χ2n) is 5.67. The number of hydrogen-bond acceptors (Lipinski definition) is 3. The van der Waals surface area contributed by atoms with Gasteiger partial charge in [-0.2, -0.15) is 0 Å². The highest BCUT2D eigenvalue weighted by Crippen LogP contribution is 2.10. The molecule has 0 aliphatic carbocycles. The number of carbonyl (C=O) groups is 2. The summed E-state index contributed by atoms with van der Waals surface area (Å²) in [5.74, 6) is -0.841. The van der Waals surface area contributed by atoms with Crippen molar-refractivity contribution in [1.82, 2.24) is 0 Å². The molecule has 0 unspecified atom stereocenters. The summed E-state index contributed by atoms with van der Waals surface area (Å²) in [5.41, 5.74) is 0. The molecular weight excluding hydrogens is 280 g/mol. The van der Waals surface area contributed by atoms with Crippen LogP contribution in [-0.4, -0.2) is 23.7 Å². The molecule has 4 heteroatoms. The molecule has 132 valence electrons. The zero-order valence-electron chi connectivity index (χ0n) is 14.9. The van der Waals surface area contributed by atoms with Crippen molar-refractivity contribution in [1.29, 1.82) is 0 Å². The van der Waals surface area contributed by atoms with Gasteiger partial charge in [0.15, 0.2) is 0 Å². The quantitative estimate of drug-likeness (QED) is 0.368. The Morgan fingerprint density at radius 1 is 0.773 bits per heavy atom. The van der Waals surface area contributed by atoms with Crippen LogP contribution in [0.2, 0.25) is 0 Å². The number of esters is 1.